The molecule has 0 aliphatic rings. The first-order valence-electron chi connectivity index (χ1n) is 5.44. The third-order valence-electron chi connectivity index (χ3n) is 2.21. The predicted molar refractivity (Wildman–Crippen MR) is 71.1 cm³/mol. The molecule has 0 atom stereocenters. The molecule has 7 heteroatoms. The van der Waals surface area contributed by atoms with Crippen LogP contribution in [0.1, 0.15) is 17.3 Å². The van der Waals surface area contributed by atoms with Crippen molar-refractivity contribution < 1.29 is 4.74 Å². The number of rotatable bonds is 5. The summed E-state index contributed by atoms with van der Waals surface area (Å²) in [4.78, 5) is 8.63. The number of hydrogen-bond acceptors (Lipinski definition) is 5. The van der Waals surface area contributed by atoms with Crippen molar-refractivity contribution in [2.45, 2.75) is 20.1 Å². The minimum atomic E-state index is 0.407. The quantitative estimate of drug-likeness (QED) is 0.883. The number of pyridine rings is 1. The van der Waals surface area contributed by atoms with Crippen LogP contribution >= 0.6 is 15.9 Å². The standard InChI is InChI=1S/C11H14BrN5O/c1-7-3-8(12)4-9(14-7)13-5-10-15-11(6-18-2)17-16-10/h3-4H,5-6H2,1-2H3,(H,13,14)(H,15,16,17). The predicted octanol–water partition coefficient (Wildman–Crippen LogP) is 2.03. The van der Waals surface area contributed by atoms with E-state index in [0.29, 0.717) is 19.0 Å². The fourth-order valence-electron chi connectivity index (χ4n) is 1.50. The molecule has 0 bridgehead atoms. The Labute approximate surface area is 113 Å². The number of hydrogen-bond donors (Lipinski definition) is 2. The van der Waals surface area contributed by atoms with Crippen molar-refractivity contribution in [1.29, 1.82) is 0 Å². The Morgan fingerprint density at radius 3 is 2.94 bits per heavy atom. The smallest absolute Gasteiger partial charge is 0.176 e. The summed E-state index contributed by atoms with van der Waals surface area (Å²) >= 11 is 3.43. The molecule has 2 rings (SSSR count). The summed E-state index contributed by atoms with van der Waals surface area (Å²) in [5.74, 6) is 2.20. The van der Waals surface area contributed by atoms with Crippen molar-refractivity contribution >= 4 is 21.7 Å². The highest BCUT2D eigenvalue weighted by Crippen LogP contribution is 2.15. The maximum absolute atomic E-state index is 4.95. The number of methoxy groups -OCH3 is 1. The van der Waals surface area contributed by atoms with Gasteiger partial charge < -0.3 is 10.1 Å². The van der Waals surface area contributed by atoms with Crippen molar-refractivity contribution in [2.24, 2.45) is 0 Å². The van der Waals surface area contributed by atoms with Gasteiger partial charge in [-0.25, -0.2) is 9.97 Å². The van der Waals surface area contributed by atoms with Crippen LogP contribution in [0.25, 0.3) is 0 Å². The van der Waals surface area contributed by atoms with Crippen LogP contribution in [0.15, 0.2) is 16.6 Å². The van der Waals surface area contributed by atoms with Gasteiger partial charge in [-0.2, -0.15) is 5.10 Å². The van der Waals surface area contributed by atoms with Gasteiger partial charge in [0.15, 0.2) is 5.82 Å². The molecule has 2 heterocycles. The number of nitrogens with one attached hydrogen (secondary N) is 2. The summed E-state index contributed by atoms with van der Waals surface area (Å²) in [6.45, 7) is 2.89. The Hall–Kier alpha value is -1.47. The number of ether oxygens (including phenoxy) is 1. The first-order valence-corrected chi connectivity index (χ1v) is 6.24. The lowest BCUT2D eigenvalue weighted by Gasteiger charge is -2.04. The van der Waals surface area contributed by atoms with Crippen LogP contribution in [0.2, 0.25) is 0 Å². The van der Waals surface area contributed by atoms with Crippen molar-refractivity contribution in [3.05, 3.63) is 33.9 Å². The van der Waals surface area contributed by atoms with Crippen LogP contribution in [0.3, 0.4) is 0 Å². The number of halogens is 1. The van der Waals surface area contributed by atoms with E-state index < -0.39 is 0 Å². The lowest BCUT2D eigenvalue weighted by Crippen LogP contribution is -2.03. The molecule has 0 aliphatic carbocycles. The molecule has 2 N–H and O–H groups in total. The fourth-order valence-corrected chi connectivity index (χ4v) is 2.05. The second kappa shape index (κ2) is 5.92. The molecule has 0 fully saturated rings. The lowest BCUT2D eigenvalue weighted by atomic mass is 10.4. The molecule has 6 nitrogen and oxygen atoms in total. The van der Waals surface area contributed by atoms with Crippen LogP contribution in [0.4, 0.5) is 5.82 Å². The van der Waals surface area contributed by atoms with Crippen molar-refractivity contribution in [3.8, 4) is 0 Å². The van der Waals surface area contributed by atoms with Gasteiger partial charge in [0.1, 0.15) is 18.2 Å². The van der Waals surface area contributed by atoms with E-state index in [1.807, 2.05) is 19.1 Å². The van der Waals surface area contributed by atoms with Gasteiger partial charge in [-0.1, -0.05) is 15.9 Å². The van der Waals surface area contributed by atoms with Crippen LogP contribution in [-0.2, 0) is 17.9 Å². The molecule has 2 aromatic heterocycles. The van der Waals surface area contributed by atoms with Crippen molar-refractivity contribution in [3.63, 3.8) is 0 Å². The second-order valence-electron chi connectivity index (χ2n) is 3.80. The van der Waals surface area contributed by atoms with Gasteiger partial charge in [0, 0.05) is 17.3 Å². The lowest BCUT2D eigenvalue weighted by molar-refractivity contribution is 0.178. The number of aryl methyl sites for hydroxylation is 1. The van der Waals surface area contributed by atoms with Gasteiger partial charge in [-0.05, 0) is 19.1 Å². The number of nitrogens with zero attached hydrogens (tertiary/aromatic N) is 3. The Morgan fingerprint density at radius 1 is 1.39 bits per heavy atom. The van der Waals surface area contributed by atoms with Crippen LogP contribution in [0.5, 0.6) is 0 Å². The summed E-state index contributed by atoms with van der Waals surface area (Å²) in [7, 11) is 1.61. The van der Waals surface area contributed by atoms with Gasteiger partial charge in [0.25, 0.3) is 0 Å². The molecule has 0 unspecified atom stereocenters. The largest absolute Gasteiger partial charge is 0.377 e. The Balaban J connectivity index is 1.97. The molecule has 0 spiro atoms. The molecule has 0 aromatic carbocycles. The van der Waals surface area contributed by atoms with Gasteiger partial charge in [0.05, 0.1) is 6.54 Å². The van der Waals surface area contributed by atoms with Gasteiger partial charge in [-0.15, -0.1) is 0 Å². The summed E-state index contributed by atoms with van der Waals surface area (Å²) in [5, 5.41) is 10.1. The molecule has 2 aromatic rings. The minimum Gasteiger partial charge on any atom is -0.377 e. The maximum Gasteiger partial charge on any atom is 0.176 e. The zero-order valence-corrected chi connectivity index (χ0v) is 11.8. The van der Waals surface area contributed by atoms with Gasteiger partial charge in [-0.3, -0.25) is 5.10 Å². The third-order valence-corrected chi connectivity index (χ3v) is 2.66. The molecular weight excluding hydrogens is 298 g/mol. The Kier molecular flexibility index (Phi) is 4.27. The van der Waals surface area contributed by atoms with Gasteiger partial charge in [0.2, 0.25) is 0 Å². The van der Waals surface area contributed by atoms with E-state index in [9.17, 15) is 0 Å². The summed E-state index contributed by atoms with van der Waals surface area (Å²) in [6.07, 6.45) is 0. The fraction of sp³-hybridized carbons (Fsp3) is 0.364. The molecule has 0 aliphatic heterocycles. The molecule has 96 valence electrons. The van der Waals surface area contributed by atoms with Crippen LogP contribution in [0, 0.1) is 6.92 Å². The molecule has 0 saturated carbocycles. The second-order valence-corrected chi connectivity index (χ2v) is 4.71. The summed E-state index contributed by atoms with van der Waals surface area (Å²) in [6, 6.07) is 3.87. The SMILES string of the molecule is COCc1n[nH]c(CNc2cc(Br)cc(C)n2)n1. The van der Waals surface area contributed by atoms with E-state index in [-0.39, 0.29) is 0 Å². The van der Waals surface area contributed by atoms with E-state index in [0.717, 1.165) is 21.8 Å². The summed E-state index contributed by atoms with van der Waals surface area (Å²) < 4.78 is 5.95. The zero-order valence-electron chi connectivity index (χ0n) is 10.2. The molecule has 0 radical (unpaired) electrons. The number of anilines is 1. The van der Waals surface area contributed by atoms with Gasteiger partial charge >= 0.3 is 0 Å². The monoisotopic (exact) mass is 311 g/mol. The Bertz CT molecular complexity index is 508. The van der Waals surface area contributed by atoms with Crippen molar-refractivity contribution in [1.82, 2.24) is 20.2 Å². The average molecular weight is 312 g/mol. The number of H-pyrrole nitrogens is 1. The number of aromatic amines is 1. The average Bonchev–Trinajstić information content (AvgIpc) is 2.74. The van der Waals surface area contributed by atoms with Crippen molar-refractivity contribution in [2.75, 3.05) is 12.4 Å². The first-order chi connectivity index (χ1) is 8.67. The van der Waals surface area contributed by atoms with E-state index in [1.54, 1.807) is 7.11 Å². The highest BCUT2D eigenvalue weighted by Gasteiger charge is 2.03. The zero-order chi connectivity index (χ0) is 13.0. The normalized spacial score (nSPS) is 10.6. The molecule has 0 amide bonds. The number of aromatic nitrogens is 4. The van der Waals surface area contributed by atoms with E-state index in [4.69, 9.17) is 4.74 Å². The first kappa shape index (κ1) is 13.0. The molecular formula is C11H14BrN5O. The van der Waals surface area contributed by atoms with E-state index in [1.165, 1.54) is 0 Å². The summed E-state index contributed by atoms with van der Waals surface area (Å²) in [5.41, 5.74) is 0.949. The molecule has 0 saturated heterocycles. The topological polar surface area (TPSA) is 75.7 Å². The van der Waals surface area contributed by atoms with Crippen LogP contribution in [-0.4, -0.2) is 27.3 Å². The van der Waals surface area contributed by atoms with E-state index >= 15 is 0 Å². The maximum atomic E-state index is 4.95. The molecule has 18 heavy (non-hydrogen) atoms. The van der Waals surface area contributed by atoms with E-state index in [2.05, 4.69) is 41.4 Å². The minimum absolute atomic E-state index is 0.407. The third kappa shape index (κ3) is 3.51. The Morgan fingerprint density at radius 2 is 2.22 bits per heavy atom. The van der Waals surface area contributed by atoms with Crippen LogP contribution < -0.4 is 5.32 Å². The highest BCUT2D eigenvalue weighted by molar-refractivity contribution is 9.10. The highest BCUT2D eigenvalue weighted by atomic mass is 79.9.